The summed E-state index contributed by atoms with van der Waals surface area (Å²) in [4.78, 5) is 22.3. The molecule has 1 amide bonds. The third kappa shape index (κ3) is 4.45. The molecule has 0 saturated carbocycles. The fourth-order valence-corrected chi connectivity index (χ4v) is 4.19. The van der Waals surface area contributed by atoms with Crippen LogP contribution in [0.3, 0.4) is 0 Å². The van der Waals surface area contributed by atoms with Crippen molar-refractivity contribution in [3.05, 3.63) is 78.4 Å². The van der Waals surface area contributed by atoms with Crippen LogP contribution in [0.25, 0.3) is 22.3 Å². The van der Waals surface area contributed by atoms with Gasteiger partial charge in [0.2, 0.25) is 11.9 Å². The molecule has 9 heteroatoms. The molecule has 3 heterocycles. The maximum Gasteiger partial charge on any atom is 0.248 e. The molecule has 0 aliphatic carbocycles. The first kappa shape index (κ1) is 22.5. The maximum atomic E-state index is 14.8. The van der Waals surface area contributed by atoms with E-state index >= 15 is 0 Å². The van der Waals surface area contributed by atoms with Crippen LogP contribution in [-0.4, -0.2) is 46.7 Å². The molecule has 3 N–H and O–H groups in total. The van der Waals surface area contributed by atoms with Crippen molar-refractivity contribution in [2.75, 3.05) is 36.5 Å². The van der Waals surface area contributed by atoms with Crippen LogP contribution in [0.5, 0.6) is 0 Å². The predicted octanol–water partition coefficient (Wildman–Crippen LogP) is 3.95. The van der Waals surface area contributed by atoms with Crippen molar-refractivity contribution < 1.29 is 13.9 Å². The standard InChI is InChI=1S/C26H25FN6O2/c1-16-15-33(23-8-3-18(13-21(16)23)17(2)24(28)34)25-22(27)14-29-26(31-25)30-19-4-6-20(7-5-19)32-9-11-35-12-10-32/h3-8,13-15H,2,9-12H2,1H3,(H2,28,34)(H,29,30,31). The van der Waals surface area contributed by atoms with E-state index in [0.29, 0.717) is 5.56 Å². The van der Waals surface area contributed by atoms with E-state index in [1.165, 1.54) is 0 Å². The van der Waals surface area contributed by atoms with Gasteiger partial charge in [-0.3, -0.25) is 9.36 Å². The maximum absolute atomic E-state index is 14.8. The minimum Gasteiger partial charge on any atom is -0.378 e. The Bertz CT molecular complexity index is 1420. The zero-order valence-corrected chi connectivity index (χ0v) is 19.3. The van der Waals surface area contributed by atoms with E-state index in [4.69, 9.17) is 10.5 Å². The van der Waals surface area contributed by atoms with E-state index < -0.39 is 11.7 Å². The second kappa shape index (κ2) is 9.19. The molecule has 0 atom stereocenters. The SMILES string of the molecule is C=C(C(N)=O)c1ccc2c(c1)c(C)cn2-c1nc(Nc2ccc(N3CCOCC3)cc2)ncc1F. The van der Waals surface area contributed by atoms with Crippen LogP contribution in [0.1, 0.15) is 11.1 Å². The molecule has 1 aliphatic heterocycles. The molecule has 5 rings (SSSR count). The first-order valence-corrected chi connectivity index (χ1v) is 11.2. The number of nitrogens with one attached hydrogen (secondary N) is 1. The first-order chi connectivity index (χ1) is 16.9. The van der Waals surface area contributed by atoms with Gasteiger partial charge in [-0.15, -0.1) is 0 Å². The van der Waals surface area contributed by atoms with E-state index in [1.807, 2.05) is 37.3 Å². The lowest BCUT2D eigenvalue weighted by Gasteiger charge is -2.28. The van der Waals surface area contributed by atoms with Gasteiger partial charge in [0.15, 0.2) is 11.6 Å². The van der Waals surface area contributed by atoms with E-state index in [-0.39, 0.29) is 17.3 Å². The summed E-state index contributed by atoms with van der Waals surface area (Å²) < 4.78 is 21.9. The monoisotopic (exact) mass is 472 g/mol. The molecule has 1 saturated heterocycles. The fraction of sp³-hybridized carbons (Fsp3) is 0.192. The van der Waals surface area contributed by atoms with E-state index in [1.54, 1.807) is 22.9 Å². The van der Waals surface area contributed by atoms with E-state index in [0.717, 1.165) is 60.3 Å². The largest absolute Gasteiger partial charge is 0.378 e. The number of fused-ring (bicyclic) bond motifs is 1. The van der Waals surface area contributed by atoms with Crippen molar-refractivity contribution in [3.8, 4) is 5.82 Å². The summed E-state index contributed by atoms with van der Waals surface area (Å²) in [5.41, 5.74) is 9.75. The number of aryl methyl sites for hydroxylation is 1. The van der Waals surface area contributed by atoms with Gasteiger partial charge < -0.3 is 20.7 Å². The van der Waals surface area contributed by atoms with Gasteiger partial charge in [-0.25, -0.2) is 9.37 Å². The summed E-state index contributed by atoms with van der Waals surface area (Å²) in [5.74, 6) is -0.747. The Balaban J connectivity index is 1.43. The van der Waals surface area contributed by atoms with E-state index in [2.05, 4.69) is 26.8 Å². The molecule has 178 valence electrons. The average molecular weight is 473 g/mol. The highest BCUT2D eigenvalue weighted by atomic mass is 19.1. The summed E-state index contributed by atoms with van der Waals surface area (Å²) in [5, 5.41) is 4.00. The normalized spacial score (nSPS) is 13.7. The van der Waals surface area contributed by atoms with Gasteiger partial charge in [0, 0.05) is 41.6 Å². The molecule has 2 aromatic carbocycles. The van der Waals surface area contributed by atoms with Crippen molar-refractivity contribution in [1.82, 2.24) is 14.5 Å². The number of rotatable bonds is 6. The molecular formula is C26H25FN6O2. The summed E-state index contributed by atoms with van der Waals surface area (Å²) in [6, 6.07) is 13.3. The molecule has 4 aromatic rings. The molecular weight excluding hydrogens is 447 g/mol. The minimum absolute atomic E-state index is 0.118. The Kier molecular flexibility index (Phi) is 5.92. The van der Waals surface area contributed by atoms with Gasteiger partial charge in [-0.1, -0.05) is 12.6 Å². The van der Waals surface area contributed by atoms with Gasteiger partial charge in [0.1, 0.15) is 0 Å². The van der Waals surface area contributed by atoms with Crippen LogP contribution >= 0.6 is 0 Å². The van der Waals surface area contributed by atoms with Gasteiger partial charge >= 0.3 is 0 Å². The number of aromatic nitrogens is 3. The van der Waals surface area contributed by atoms with Crippen LogP contribution in [0.2, 0.25) is 0 Å². The zero-order chi connectivity index (χ0) is 24.5. The number of morpholine rings is 1. The molecule has 0 unspecified atom stereocenters. The molecule has 35 heavy (non-hydrogen) atoms. The number of carbonyl (C=O) groups is 1. The van der Waals surface area contributed by atoms with Gasteiger partial charge in [-0.2, -0.15) is 4.98 Å². The third-order valence-electron chi connectivity index (χ3n) is 6.10. The number of hydrogen-bond donors (Lipinski definition) is 2. The number of nitrogens with zero attached hydrogens (tertiary/aromatic N) is 4. The van der Waals surface area contributed by atoms with Crippen LogP contribution in [-0.2, 0) is 9.53 Å². The Labute approximate surface area is 201 Å². The van der Waals surface area contributed by atoms with Gasteiger partial charge in [0.05, 0.1) is 24.9 Å². The highest BCUT2D eigenvalue weighted by Crippen LogP contribution is 2.28. The average Bonchev–Trinajstić information content (AvgIpc) is 3.21. The first-order valence-electron chi connectivity index (χ1n) is 11.2. The lowest BCUT2D eigenvalue weighted by atomic mass is 10.0. The minimum atomic E-state index is -0.586. The van der Waals surface area contributed by atoms with Crippen molar-refractivity contribution in [1.29, 1.82) is 0 Å². The topological polar surface area (TPSA) is 98.3 Å². The highest BCUT2D eigenvalue weighted by Gasteiger charge is 2.16. The summed E-state index contributed by atoms with van der Waals surface area (Å²) in [6.07, 6.45) is 2.95. The van der Waals surface area contributed by atoms with Crippen molar-refractivity contribution >= 4 is 39.7 Å². The Morgan fingerprint density at radius 2 is 1.91 bits per heavy atom. The number of ether oxygens (including phenoxy) is 1. The highest BCUT2D eigenvalue weighted by molar-refractivity contribution is 6.18. The van der Waals surface area contributed by atoms with Crippen LogP contribution in [0.4, 0.5) is 21.7 Å². The Hall–Kier alpha value is -4.24. The number of amides is 1. The Morgan fingerprint density at radius 1 is 1.17 bits per heavy atom. The number of carbonyl (C=O) groups excluding carboxylic acids is 1. The number of anilines is 3. The number of nitrogens with two attached hydrogens (primary N) is 1. The van der Waals surface area contributed by atoms with Gasteiger partial charge in [-0.05, 0) is 54.4 Å². The number of hydrogen-bond acceptors (Lipinski definition) is 6. The molecule has 1 aliphatic rings. The predicted molar refractivity (Wildman–Crippen MR) is 135 cm³/mol. The summed E-state index contributed by atoms with van der Waals surface area (Å²) >= 11 is 0. The van der Waals surface area contributed by atoms with Crippen LogP contribution in [0.15, 0.2) is 61.4 Å². The second-order valence-electron chi connectivity index (χ2n) is 8.39. The van der Waals surface area contributed by atoms with Crippen LogP contribution < -0.4 is 16.0 Å². The summed E-state index contributed by atoms with van der Waals surface area (Å²) in [6.45, 7) is 8.82. The van der Waals surface area contributed by atoms with Gasteiger partial charge in [0.25, 0.3) is 0 Å². The Morgan fingerprint density at radius 3 is 2.63 bits per heavy atom. The van der Waals surface area contributed by atoms with E-state index in [9.17, 15) is 9.18 Å². The number of benzene rings is 2. The lowest BCUT2D eigenvalue weighted by Crippen LogP contribution is -2.36. The zero-order valence-electron chi connectivity index (χ0n) is 19.3. The number of primary amides is 1. The molecule has 0 bridgehead atoms. The second-order valence-corrected chi connectivity index (χ2v) is 8.39. The smallest absolute Gasteiger partial charge is 0.248 e. The fourth-order valence-electron chi connectivity index (χ4n) is 4.19. The summed E-state index contributed by atoms with van der Waals surface area (Å²) in [7, 11) is 0. The molecule has 0 spiro atoms. The number of halogens is 1. The lowest BCUT2D eigenvalue weighted by molar-refractivity contribution is -0.112. The van der Waals surface area contributed by atoms with Crippen molar-refractivity contribution in [2.45, 2.75) is 6.92 Å². The van der Waals surface area contributed by atoms with Crippen LogP contribution in [0, 0.1) is 12.7 Å². The third-order valence-corrected chi connectivity index (χ3v) is 6.10. The molecule has 1 fully saturated rings. The molecule has 8 nitrogen and oxygen atoms in total. The quantitative estimate of drug-likeness (QED) is 0.413. The van der Waals surface area contributed by atoms with Crippen molar-refractivity contribution in [3.63, 3.8) is 0 Å². The molecule has 0 radical (unpaired) electrons. The molecule has 2 aromatic heterocycles. The van der Waals surface area contributed by atoms with Crippen molar-refractivity contribution in [2.24, 2.45) is 5.73 Å².